The molecule has 0 spiro atoms. The van der Waals surface area contributed by atoms with Crippen LogP contribution < -0.4 is 10.5 Å². The molecular formula is C16H18FNO. The summed E-state index contributed by atoms with van der Waals surface area (Å²) in [5.74, 6) is 0.480. The lowest BCUT2D eigenvalue weighted by atomic mass is 10.1. The Kier molecular flexibility index (Phi) is 3.86. The van der Waals surface area contributed by atoms with E-state index in [0.717, 1.165) is 11.1 Å². The number of halogens is 1. The van der Waals surface area contributed by atoms with Gasteiger partial charge in [-0.15, -0.1) is 0 Å². The van der Waals surface area contributed by atoms with Crippen molar-refractivity contribution in [1.82, 2.24) is 0 Å². The predicted octanol–water partition coefficient (Wildman–Crippen LogP) is 4.25. The van der Waals surface area contributed by atoms with Crippen LogP contribution in [0.1, 0.15) is 29.7 Å². The molecule has 2 aromatic rings. The van der Waals surface area contributed by atoms with Crippen LogP contribution in [-0.4, -0.2) is 0 Å². The molecule has 0 heterocycles. The molecule has 2 aromatic carbocycles. The standard InChI is InChI=1S/C16H18FNO/c1-10-7-8-11(2)15(9-10)19-16-13(12(3)18)5-4-6-14(16)17/h4-9,12H,18H2,1-3H3/t12-/m0/s1. The zero-order valence-corrected chi connectivity index (χ0v) is 11.4. The van der Waals surface area contributed by atoms with Crippen molar-refractivity contribution in [3.63, 3.8) is 0 Å². The van der Waals surface area contributed by atoms with E-state index in [9.17, 15) is 4.39 Å². The maximum Gasteiger partial charge on any atom is 0.167 e. The summed E-state index contributed by atoms with van der Waals surface area (Å²) in [6.45, 7) is 5.71. The summed E-state index contributed by atoms with van der Waals surface area (Å²) >= 11 is 0. The number of rotatable bonds is 3. The van der Waals surface area contributed by atoms with E-state index in [-0.39, 0.29) is 11.8 Å². The van der Waals surface area contributed by atoms with Crippen molar-refractivity contribution < 1.29 is 9.13 Å². The summed E-state index contributed by atoms with van der Waals surface area (Å²) in [4.78, 5) is 0. The van der Waals surface area contributed by atoms with Crippen molar-refractivity contribution in [2.24, 2.45) is 5.73 Å². The second kappa shape index (κ2) is 5.41. The van der Waals surface area contributed by atoms with Crippen LogP contribution in [0.25, 0.3) is 0 Å². The zero-order chi connectivity index (χ0) is 14.0. The number of ether oxygens (including phenoxy) is 1. The van der Waals surface area contributed by atoms with E-state index in [0.29, 0.717) is 11.3 Å². The minimum absolute atomic E-state index is 0.214. The summed E-state index contributed by atoms with van der Waals surface area (Å²) in [5, 5.41) is 0. The van der Waals surface area contributed by atoms with Gasteiger partial charge in [0.05, 0.1) is 0 Å². The lowest BCUT2D eigenvalue weighted by Crippen LogP contribution is -2.08. The van der Waals surface area contributed by atoms with Gasteiger partial charge in [0.1, 0.15) is 5.75 Å². The maximum atomic E-state index is 13.9. The Morgan fingerprint density at radius 3 is 2.58 bits per heavy atom. The fraction of sp³-hybridized carbons (Fsp3) is 0.250. The summed E-state index contributed by atoms with van der Waals surface area (Å²) in [6.07, 6.45) is 0. The first-order valence-electron chi connectivity index (χ1n) is 6.28. The Morgan fingerprint density at radius 2 is 1.89 bits per heavy atom. The number of para-hydroxylation sites is 1. The van der Waals surface area contributed by atoms with E-state index in [2.05, 4.69) is 0 Å². The highest BCUT2D eigenvalue weighted by atomic mass is 19.1. The number of aryl methyl sites for hydroxylation is 2. The Bertz CT molecular complexity index is 593. The molecular weight excluding hydrogens is 241 g/mol. The highest BCUT2D eigenvalue weighted by Gasteiger charge is 2.14. The molecule has 0 saturated carbocycles. The Labute approximate surface area is 113 Å². The third-order valence-corrected chi connectivity index (χ3v) is 3.04. The largest absolute Gasteiger partial charge is 0.454 e. The molecule has 0 bridgehead atoms. The Hall–Kier alpha value is -1.87. The zero-order valence-electron chi connectivity index (χ0n) is 11.4. The third kappa shape index (κ3) is 2.93. The molecule has 0 aliphatic carbocycles. The number of benzene rings is 2. The van der Waals surface area contributed by atoms with Crippen LogP contribution >= 0.6 is 0 Å². The van der Waals surface area contributed by atoms with Gasteiger partial charge in [0, 0.05) is 11.6 Å². The van der Waals surface area contributed by atoms with E-state index in [1.807, 2.05) is 39.0 Å². The molecule has 2 rings (SSSR count). The maximum absolute atomic E-state index is 13.9. The van der Waals surface area contributed by atoms with Gasteiger partial charge in [-0.3, -0.25) is 0 Å². The molecule has 19 heavy (non-hydrogen) atoms. The van der Waals surface area contributed by atoms with Crippen LogP contribution in [0.2, 0.25) is 0 Å². The molecule has 0 aromatic heterocycles. The Balaban J connectivity index is 2.46. The van der Waals surface area contributed by atoms with Crippen molar-refractivity contribution in [3.05, 3.63) is 58.9 Å². The molecule has 2 nitrogen and oxygen atoms in total. The SMILES string of the molecule is Cc1ccc(C)c(Oc2c(F)cccc2[C@H](C)N)c1. The van der Waals surface area contributed by atoms with Crippen molar-refractivity contribution >= 4 is 0 Å². The van der Waals surface area contributed by atoms with Gasteiger partial charge in [-0.05, 0) is 44.0 Å². The molecule has 100 valence electrons. The van der Waals surface area contributed by atoms with Crippen LogP contribution in [0.4, 0.5) is 4.39 Å². The summed E-state index contributed by atoms with van der Waals surface area (Å²) < 4.78 is 19.7. The molecule has 0 fully saturated rings. The van der Waals surface area contributed by atoms with Crippen molar-refractivity contribution in [3.8, 4) is 11.5 Å². The first-order valence-corrected chi connectivity index (χ1v) is 6.28. The van der Waals surface area contributed by atoms with Crippen molar-refractivity contribution in [2.45, 2.75) is 26.8 Å². The van der Waals surface area contributed by atoms with Crippen LogP contribution in [0.15, 0.2) is 36.4 Å². The van der Waals surface area contributed by atoms with E-state index < -0.39 is 5.82 Å². The first kappa shape index (κ1) is 13.6. The number of hydrogen-bond acceptors (Lipinski definition) is 2. The average Bonchev–Trinajstić information content (AvgIpc) is 2.35. The van der Waals surface area contributed by atoms with Crippen LogP contribution in [0.5, 0.6) is 11.5 Å². The first-order chi connectivity index (χ1) is 8.99. The van der Waals surface area contributed by atoms with E-state index >= 15 is 0 Å². The minimum Gasteiger partial charge on any atom is -0.454 e. The van der Waals surface area contributed by atoms with Gasteiger partial charge in [0.15, 0.2) is 11.6 Å². The predicted molar refractivity (Wildman–Crippen MR) is 75.0 cm³/mol. The summed E-state index contributed by atoms with van der Waals surface area (Å²) in [7, 11) is 0. The van der Waals surface area contributed by atoms with Gasteiger partial charge in [0.2, 0.25) is 0 Å². The molecule has 0 amide bonds. The van der Waals surface area contributed by atoms with Gasteiger partial charge in [-0.2, -0.15) is 0 Å². The lowest BCUT2D eigenvalue weighted by molar-refractivity contribution is 0.430. The molecule has 0 saturated heterocycles. The molecule has 1 atom stereocenters. The second-order valence-electron chi connectivity index (χ2n) is 4.82. The monoisotopic (exact) mass is 259 g/mol. The third-order valence-electron chi connectivity index (χ3n) is 3.04. The van der Waals surface area contributed by atoms with E-state index in [1.165, 1.54) is 6.07 Å². The highest BCUT2D eigenvalue weighted by Crippen LogP contribution is 2.33. The molecule has 0 radical (unpaired) electrons. The van der Waals surface area contributed by atoms with Crippen LogP contribution in [-0.2, 0) is 0 Å². The molecule has 2 N–H and O–H groups in total. The number of nitrogens with two attached hydrogens (primary N) is 1. The second-order valence-corrected chi connectivity index (χ2v) is 4.82. The van der Waals surface area contributed by atoms with Crippen LogP contribution in [0, 0.1) is 19.7 Å². The topological polar surface area (TPSA) is 35.2 Å². The fourth-order valence-corrected chi connectivity index (χ4v) is 1.92. The number of hydrogen-bond donors (Lipinski definition) is 1. The summed E-state index contributed by atoms with van der Waals surface area (Å²) in [5.41, 5.74) is 8.56. The van der Waals surface area contributed by atoms with Crippen molar-refractivity contribution in [2.75, 3.05) is 0 Å². The van der Waals surface area contributed by atoms with Gasteiger partial charge < -0.3 is 10.5 Å². The van der Waals surface area contributed by atoms with Crippen LogP contribution in [0.3, 0.4) is 0 Å². The lowest BCUT2D eigenvalue weighted by Gasteiger charge is -2.16. The van der Waals surface area contributed by atoms with E-state index in [1.54, 1.807) is 12.1 Å². The quantitative estimate of drug-likeness (QED) is 0.894. The molecule has 3 heteroatoms. The molecule has 0 unspecified atom stereocenters. The van der Waals surface area contributed by atoms with Gasteiger partial charge in [0.25, 0.3) is 0 Å². The molecule has 0 aliphatic heterocycles. The van der Waals surface area contributed by atoms with Crippen molar-refractivity contribution in [1.29, 1.82) is 0 Å². The van der Waals surface area contributed by atoms with Gasteiger partial charge in [-0.1, -0.05) is 24.3 Å². The fourth-order valence-electron chi connectivity index (χ4n) is 1.92. The smallest absolute Gasteiger partial charge is 0.167 e. The summed E-state index contributed by atoms with van der Waals surface area (Å²) in [6, 6.07) is 10.4. The van der Waals surface area contributed by atoms with E-state index in [4.69, 9.17) is 10.5 Å². The Morgan fingerprint density at radius 1 is 1.16 bits per heavy atom. The van der Waals surface area contributed by atoms with Gasteiger partial charge >= 0.3 is 0 Å². The highest BCUT2D eigenvalue weighted by molar-refractivity contribution is 5.44. The molecule has 0 aliphatic rings. The normalized spacial score (nSPS) is 12.3. The minimum atomic E-state index is -0.393. The average molecular weight is 259 g/mol. The van der Waals surface area contributed by atoms with Gasteiger partial charge in [-0.25, -0.2) is 4.39 Å².